The third kappa shape index (κ3) is 4.18. The van der Waals surface area contributed by atoms with Crippen molar-refractivity contribution in [3.63, 3.8) is 0 Å². The first-order valence-corrected chi connectivity index (χ1v) is 7.62. The second kappa shape index (κ2) is 8.13. The fraction of sp³-hybridized carbons (Fsp3) is 0.294. The van der Waals surface area contributed by atoms with E-state index >= 15 is 0 Å². The monoisotopic (exact) mass is 370 g/mol. The first-order chi connectivity index (χ1) is 11.9. The number of halogens is 2. The minimum atomic E-state index is -1.15. The molecule has 0 saturated carbocycles. The number of methoxy groups -OCH3 is 2. The fourth-order valence-electron chi connectivity index (χ4n) is 2.42. The van der Waals surface area contributed by atoms with E-state index in [1.54, 1.807) is 0 Å². The molecule has 1 N–H and O–H groups in total. The number of hydrogen-bond donors (Lipinski definition) is 1. The van der Waals surface area contributed by atoms with Crippen molar-refractivity contribution >= 4 is 17.6 Å². The van der Waals surface area contributed by atoms with Crippen LogP contribution in [-0.2, 0) is 20.9 Å². The van der Waals surface area contributed by atoms with Gasteiger partial charge < -0.3 is 19.0 Å². The van der Waals surface area contributed by atoms with Crippen molar-refractivity contribution in [1.29, 1.82) is 0 Å². The highest BCUT2D eigenvalue weighted by molar-refractivity contribution is 6.31. The summed E-state index contributed by atoms with van der Waals surface area (Å²) in [6.45, 7) is -0.0432. The number of benzene rings is 1. The molecule has 6 nitrogen and oxygen atoms in total. The van der Waals surface area contributed by atoms with Gasteiger partial charge in [0.15, 0.2) is 5.76 Å². The normalized spacial score (nSPS) is 12.0. The van der Waals surface area contributed by atoms with Crippen LogP contribution >= 0.6 is 11.6 Å². The summed E-state index contributed by atoms with van der Waals surface area (Å²) < 4.78 is 29.4. The quantitative estimate of drug-likeness (QED) is 0.787. The first kappa shape index (κ1) is 19.0. The van der Waals surface area contributed by atoms with Crippen molar-refractivity contribution in [2.24, 2.45) is 0 Å². The molecule has 2 aromatic rings. The van der Waals surface area contributed by atoms with Crippen LogP contribution in [0.25, 0.3) is 0 Å². The van der Waals surface area contributed by atoms with Crippen LogP contribution in [0.1, 0.15) is 29.4 Å². The average molecular weight is 371 g/mol. The Kier molecular flexibility index (Phi) is 6.17. The number of carbonyl (C=O) groups is 1. The summed E-state index contributed by atoms with van der Waals surface area (Å²) in [4.78, 5) is 23.8. The predicted octanol–water partition coefficient (Wildman–Crippen LogP) is 2.98. The van der Waals surface area contributed by atoms with Gasteiger partial charge in [0, 0.05) is 23.8 Å². The molecule has 0 radical (unpaired) electrons. The Morgan fingerprint density at radius 2 is 2.12 bits per heavy atom. The van der Waals surface area contributed by atoms with Crippen molar-refractivity contribution in [3.8, 4) is 5.75 Å². The molecule has 0 aliphatic heterocycles. The zero-order valence-electron chi connectivity index (χ0n) is 13.5. The first-order valence-electron chi connectivity index (χ1n) is 7.24. The summed E-state index contributed by atoms with van der Waals surface area (Å²) >= 11 is 6.08. The van der Waals surface area contributed by atoms with E-state index in [9.17, 15) is 19.1 Å². The number of rotatable bonds is 6. The smallest absolute Gasteiger partial charge is 0.306 e. The lowest BCUT2D eigenvalue weighted by molar-refractivity contribution is -0.140. The maximum atomic E-state index is 14.4. The van der Waals surface area contributed by atoms with Gasteiger partial charge in [-0.1, -0.05) is 17.7 Å². The molecule has 1 aromatic carbocycles. The Morgan fingerprint density at radius 3 is 2.72 bits per heavy atom. The van der Waals surface area contributed by atoms with Crippen LogP contribution in [0.4, 0.5) is 4.39 Å². The molecule has 0 fully saturated rings. The number of esters is 1. The molecule has 0 bridgehead atoms. The Morgan fingerprint density at radius 1 is 1.40 bits per heavy atom. The number of ether oxygens (including phenoxy) is 2. The third-order valence-corrected chi connectivity index (χ3v) is 3.88. The highest BCUT2D eigenvalue weighted by atomic mass is 35.5. The zero-order valence-corrected chi connectivity index (χ0v) is 14.3. The predicted molar refractivity (Wildman–Crippen MR) is 87.2 cm³/mol. The van der Waals surface area contributed by atoms with Gasteiger partial charge in [-0.2, -0.15) is 0 Å². The summed E-state index contributed by atoms with van der Waals surface area (Å²) in [6, 6.07) is 5.03. The molecule has 25 heavy (non-hydrogen) atoms. The standard InChI is InChI=1S/C17H16ClFO6/c1-23-8-9-6-13(20)16(22)17(25-9)10(7-14(21)24-2)15-11(18)4-3-5-12(15)19/h3-6,10,22H,7-8H2,1-2H3/t10-/m0/s1. The topological polar surface area (TPSA) is 86.0 Å². The molecule has 0 saturated heterocycles. The van der Waals surface area contributed by atoms with Gasteiger partial charge in [-0.05, 0) is 12.1 Å². The summed E-state index contributed by atoms with van der Waals surface area (Å²) in [6.07, 6.45) is -0.385. The van der Waals surface area contributed by atoms with Gasteiger partial charge in [0.2, 0.25) is 11.2 Å². The molecule has 1 atom stereocenters. The summed E-state index contributed by atoms with van der Waals surface area (Å²) in [7, 11) is 2.56. The van der Waals surface area contributed by atoms with E-state index in [1.807, 2.05) is 0 Å². The Labute approximate surface area is 147 Å². The van der Waals surface area contributed by atoms with Gasteiger partial charge in [-0.3, -0.25) is 9.59 Å². The van der Waals surface area contributed by atoms with Crippen molar-refractivity contribution in [3.05, 3.63) is 62.4 Å². The maximum Gasteiger partial charge on any atom is 0.306 e. The summed E-state index contributed by atoms with van der Waals surface area (Å²) in [5.41, 5.74) is -0.821. The summed E-state index contributed by atoms with van der Waals surface area (Å²) in [5, 5.41) is 10.1. The lowest BCUT2D eigenvalue weighted by atomic mass is 9.91. The fourth-order valence-corrected chi connectivity index (χ4v) is 2.72. The molecule has 0 aliphatic carbocycles. The van der Waals surface area contributed by atoms with Crippen LogP contribution in [0.2, 0.25) is 5.02 Å². The Hall–Kier alpha value is -2.38. The average Bonchev–Trinajstić information content (AvgIpc) is 2.57. The van der Waals surface area contributed by atoms with Crippen LogP contribution in [0, 0.1) is 5.82 Å². The molecule has 0 amide bonds. The molecule has 8 heteroatoms. The highest BCUT2D eigenvalue weighted by Crippen LogP contribution is 2.38. The van der Waals surface area contributed by atoms with Crippen molar-refractivity contribution in [2.75, 3.05) is 14.2 Å². The van der Waals surface area contributed by atoms with Crippen molar-refractivity contribution in [1.82, 2.24) is 0 Å². The molecular formula is C17H16ClFO6. The van der Waals surface area contributed by atoms with Gasteiger partial charge in [0.1, 0.15) is 18.2 Å². The van der Waals surface area contributed by atoms with Gasteiger partial charge >= 0.3 is 5.97 Å². The lowest BCUT2D eigenvalue weighted by Gasteiger charge is -2.19. The van der Waals surface area contributed by atoms with Crippen LogP contribution in [-0.4, -0.2) is 25.3 Å². The maximum absolute atomic E-state index is 14.4. The van der Waals surface area contributed by atoms with Crippen molar-refractivity contribution in [2.45, 2.75) is 18.9 Å². The van der Waals surface area contributed by atoms with E-state index in [4.69, 9.17) is 20.8 Å². The van der Waals surface area contributed by atoms with Crippen LogP contribution in [0.5, 0.6) is 5.75 Å². The Bertz CT molecular complexity index is 812. The molecule has 1 aromatic heterocycles. The van der Waals surface area contributed by atoms with E-state index in [2.05, 4.69) is 4.74 Å². The molecular weight excluding hydrogens is 355 g/mol. The number of aromatic hydroxyl groups is 1. The van der Waals surface area contributed by atoms with E-state index in [0.29, 0.717) is 0 Å². The molecule has 0 aliphatic rings. The largest absolute Gasteiger partial charge is 0.502 e. The minimum absolute atomic E-state index is 0.0214. The second-order valence-corrected chi connectivity index (χ2v) is 5.60. The summed E-state index contributed by atoms with van der Waals surface area (Å²) in [5.74, 6) is -3.44. The Balaban J connectivity index is 2.68. The lowest BCUT2D eigenvalue weighted by Crippen LogP contribution is -2.15. The number of carbonyl (C=O) groups excluding carboxylic acids is 1. The SMILES string of the molecule is COCc1cc(=O)c(O)c([C@@H](CC(=O)OC)c2c(F)cccc2Cl)o1. The van der Waals surface area contributed by atoms with Gasteiger partial charge in [-0.25, -0.2) is 4.39 Å². The molecule has 134 valence electrons. The van der Waals surface area contributed by atoms with E-state index < -0.39 is 28.9 Å². The second-order valence-electron chi connectivity index (χ2n) is 5.19. The van der Waals surface area contributed by atoms with Crippen molar-refractivity contribution < 1.29 is 28.2 Å². The van der Waals surface area contributed by atoms with E-state index in [-0.39, 0.29) is 35.1 Å². The van der Waals surface area contributed by atoms with Gasteiger partial charge in [-0.15, -0.1) is 0 Å². The molecule has 0 spiro atoms. The van der Waals surface area contributed by atoms with E-state index in [0.717, 1.165) is 12.1 Å². The molecule has 2 rings (SSSR count). The van der Waals surface area contributed by atoms with E-state index in [1.165, 1.54) is 26.4 Å². The highest BCUT2D eigenvalue weighted by Gasteiger charge is 2.30. The van der Waals surface area contributed by atoms with Gasteiger partial charge in [0.05, 0.1) is 19.4 Å². The van der Waals surface area contributed by atoms with Gasteiger partial charge in [0.25, 0.3) is 0 Å². The van der Waals surface area contributed by atoms with Crippen LogP contribution in [0.3, 0.4) is 0 Å². The number of hydrogen-bond acceptors (Lipinski definition) is 6. The third-order valence-electron chi connectivity index (χ3n) is 3.55. The van der Waals surface area contributed by atoms with Crippen LogP contribution in [0.15, 0.2) is 33.5 Å². The zero-order chi connectivity index (χ0) is 18.6. The molecule has 0 unspecified atom stereocenters. The van der Waals surface area contributed by atoms with Crippen LogP contribution < -0.4 is 5.43 Å². The molecule has 1 heterocycles. The minimum Gasteiger partial charge on any atom is -0.502 e.